The monoisotopic (exact) mass is 406 g/mol. The lowest BCUT2D eigenvalue weighted by molar-refractivity contribution is -0.132. The van der Waals surface area contributed by atoms with Gasteiger partial charge in [-0.2, -0.15) is 0 Å². The van der Waals surface area contributed by atoms with Crippen molar-refractivity contribution >= 4 is 56.8 Å². The largest absolute Gasteiger partial charge is 0.345 e. The number of imidazole rings is 1. The maximum absolute atomic E-state index is 11.9. The van der Waals surface area contributed by atoms with E-state index >= 15 is 0 Å². The van der Waals surface area contributed by atoms with Crippen LogP contribution in [0.2, 0.25) is 0 Å². The number of nitrogens with zero attached hydrogens (tertiary/aromatic N) is 1. The standard InChI is InChI=1S/C15H11IN4O2/c16-9-1-3-10(4-2-9)19-14(21)15(22)20-11-5-6-12-13(7-11)18-8-17-12/h1-8H,(H,17,18)(H,19,21)(H,20,22). The zero-order valence-electron chi connectivity index (χ0n) is 11.3. The lowest BCUT2D eigenvalue weighted by Crippen LogP contribution is -2.29. The normalized spacial score (nSPS) is 10.4. The Balaban J connectivity index is 1.67. The summed E-state index contributed by atoms with van der Waals surface area (Å²) in [7, 11) is 0. The van der Waals surface area contributed by atoms with Crippen molar-refractivity contribution in [3.8, 4) is 0 Å². The number of hydrogen-bond acceptors (Lipinski definition) is 3. The van der Waals surface area contributed by atoms with Gasteiger partial charge in [0.25, 0.3) is 0 Å². The predicted molar refractivity (Wildman–Crippen MR) is 92.5 cm³/mol. The number of aromatic amines is 1. The Bertz CT molecular complexity index is 842. The van der Waals surface area contributed by atoms with Crippen LogP contribution in [0.1, 0.15) is 0 Å². The van der Waals surface area contributed by atoms with E-state index in [-0.39, 0.29) is 0 Å². The second-order valence-electron chi connectivity index (χ2n) is 4.55. The summed E-state index contributed by atoms with van der Waals surface area (Å²) in [6, 6.07) is 12.4. The summed E-state index contributed by atoms with van der Waals surface area (Å²) in [5, 5.41) is 5.10. The molecule has 7 heteroatoms. The minimum atomic E-state index is -0.725. The molecule has 0 atom stereocenters. The number of amides is 2. The van der Waals surface area contributed by atoms with Crippen LogP contribution in [0.15, 0.2) is 48.8 Å². The zero-order chi connectivity index (χ0) is 15.5. The molecule has 0 spiro atoms. The second kappa shape index (κ2) is 6.14. The van der Waals surface area contributed by atoms with Crippen LogP contribution in [-0.2, 0) is 9.59 Å². The highest BCUT2D eigenvalue weighted by atomic mass is 127. The van der Waals surface area contributed by atoms with E-state index in [2.05, 4.69) is 43.2 Å². The molecular formula is C15H11IN4O2. The predicted octanol–water partition coefficient (Wildman–Crippen LogP) is 2.74. The molecule has 0 fully saturated rings. The number of halogens is 1. The van der Waals surface area contributed by atoms with Gasteiger partial charge in [-0.15, -0.1) is 0 Å². The van der Waals surface area contributed by atoms with Gasteiger partial charge in [-0.05, 0) is 65.1 Å². The van der Waals surface area contributed by atoms with Crippen molar-refractivity contribution in [1.82, 2.24) is 9.97 Å². The number of hydrogen-bond donors (Lipinski definition) is 3. The van der Waals surface area contributed by atoms with Gasteiger partial charge in [0.2, 0.25) is 0 Å². The molecule has 2 aromatic carbocycles. The Morgan fingerprint density at radius 3 is 2.32 bits per heavy atom. The van der Waals surface area contributed by atoms with Gasteiger partial charge in [0.05, 0.1) is 17.4 Å². The molecule has 0 aliphatic rings. The number of rotatable bonds is 2. The Morgan fingerprint density at radius 1 is 0.955 bits per heavy atom. The average Bonchev–Trinajstić information content (AvgIpc) is 2.97. The summed E-state index contributed by atoms with van der Waals surface area (Å²) >= 11 is 2.16. The number of carbonyl (C=O) groups is 2. The van der Waals surface area contributed by atoms with Crippen molar-refractivity contribution in [3.63, 3.8) is 0 Å². The highest BCUT2D eigenvalue weighted by Crippen LogP contribution is 2.16. The molecule has 0 aliphatic heterocycles. The molecule has 0 radical (unpaired) electrons. The van der Waals surface area contributed by atoms with Crippen LogP contribution >= 0.6 is 22.6 Å². The Kier molecular flexibility index (Phi) is 4.05. The molecule has 3 N–H and O–H groups in total. The minimum absolute atomic E-state index is 0.527. The van der Waals surface area contributed by atoms with Crippen molar-refractivity contribution in [1.29, 1.82) is 0 Å². The summed E-state index contributed by atoms with van der Waals surface area (Å²) in [5.41, 5.74) is 2.68. The van der Waals surface area contributed by atoms with Crippen LogP contribution in [0.4, 0.5) is 11.4 Å². The first kappa shape index (κ1) is 14.5. The SMILES string of the molecule is O=C(Nc1ccc(I)cc1)C(=O)Nc1ccc2nc[nH]c2c1. The van der Waals surface area contributed by atoms with Gasteiger partial charge < -0.3 is 15.6 Å². The number of anilines is 2. The van der Waals surface area contributed by atoms with Gasteiger partial charge in [0.1, 0.15) is 0 Å². The van der Waals surface area contributed by atoms with Crippen molar-refractivity contribution in [2.24, 2.45) is 0 Å². The quantitative estimate of drug-likeness (QED) is 0.452. The average molecular weight is 406 g/mol. The molecular weight excluding hydrogens is 395 g/mol. The van der Waals surface area contributed by atoms with E-state index in [0.29, 0.717) is 11.4 Å². The molecule has 0 bridgehead atoms. The summed E-state index contributed by atoms with van der Waals surface area (Å²) < 4.78 is 1.05. The first-order valence-electron chi connectivity index (χ1n) is 6.43. The fourth-order valence-electron chi connectivity index (χ4n) is 1.92. The van der Waals surface area contributed by atoms with Crippen LogP contribution < -0.4 is 10.6 Å². The van der Waals surface area contributed by atoms with Crippen molar-refractivity contribution < 1.29 is 9.59 Å². The zero-order valence-corrected chi connectivity index (χ0v) is 13.4. The van der Waals surface area contributed by atoms with Gasteiger partial charge in [0.15, 0.2) is 0 Å². The molecule has 1 heterocycles. The van der Waals surface area contributed by atoms with E-state index in [9.17, 15) is 9.59 Å². The fraction of sp³-hybridized carbons (Fsp3) is 0. The lowest BCUT2D eigenvalue weighted by atomic mass is 10.2. The smallest absolute Gasteiger partial charge is 0.314 e. The highest BCUT2D eigenvalue weighted by Gasteiger charge is 2.14. The van der Waals surface area contributed by atoms with E-state index in [1.165, 1.54) is 0 Å². The van der Waals surface area contributed by atoms with E-state index in [1.54, 1.807) is 36.7 Å². The Morgan fingerprint density at radius 2 is 1.59 bits per heavy atom. The van der Waals surface area contributed by atoms with Gasteiger partial charge in [-0.1, -0.05) is 0 Å². The minimum Gasteiger partial charge on any atom is -0.345 e. The summed E-state index contributed by atoms with van der Waals surface area (Å²) in [5.74, 6) is -1.44. The van der Waals surface area contributed by atoms with Gasteiger partial charge in [0, 0.05) is 14.9 Å². The van der Waals surface area contributed by atoms with Gasteiger partial charge in [-0.25, -0.2) is 4.98 Å². The maximum atomic E-state index is 11.9. The molecule has 0 unspecified atom stereocenters. The second-order valence-corrected chi connectivity index (χ2v) is 5.80. The molecule has 0 saturated carbocycles. The first-order chi connectivity index (χ1) is 10.6. The number of benzene rings is 2. The van der Waals surface area contributed by atoms with Crippen molar-refractivity contribution in [3.05, 3.63) is 52.4 Å². The van der Waals surface area contributed by atoms with Crippen LogP contribution in [0, 0.1) is 3.57 Å². The molecule has 0 saturated heterocycles. The number of fused-ring (bicyclic) bond motifs is 1. The van der Waals surface area contributed by atoms with Crippen LogP contribution in [0.3, 0.4) is 0 Å². The molecule has 1 aromatic heterocycles. The summed E-state index contributed by atoms with van der Waals surface area (Å²) in [4.78, 5) is 30.8. The first-order valence-corrected chi connectivity index (χ1v) is 7.51. The number of carbonyl (C=O) groups excluding carboxylic acids is 2. The third-order valence-corrected chi connectivity index (χ3v) is 3.71. The summed E-state index contributed by atoms with van der Waals surface area (Å²) in [6.45, 7) is 0. The molecule has 3 rings (SSSR count). The maximum Gasteiger partial charge on any atom is 0.314 e. The Labute approximate surface area is 139 Å². The third kappa shape index (κ3) is 3.25. The van der Waals surface area contributed by atoms with Crippen LogP contribution in [-0.4, -0.2) is 21.8 Å². The van der Waals surface area contributed by atoms with Crippen LogP contribution in [0.25, 0.3) is 11.0 Å². The molecule has 0 aliphatic carbocycles. The van der Waals surface area contributed by atoms with Crippen molar-refractivity contribution in [2.45, 2.75) is 0 Å². The fourth-order valence-corrected chi connectivity index (χ4v) is 2.28. The number of aromatic nitrogens is 2. The van der Waals surface area contributed by atoms with Gasteiger partial charge >= 0.3 is 11.8 Å². The molecule has 6 nitrogen and oxygen atoms in total. The third-order valence-electron chi connectivity index (χ3n) is 2.99. The molecule has 3 aromatic rings. The topological polar surface area (TPSA) is 86.9 Å². The lowest BCUT2D eigenvalue weighted by Gasteiger charge is -2.06. The molecule has 22 heavy (non-hydrogen) atoms. The number of nitrogens with one attached hydrogen (secondary N) is 3. The van der Waals surface area contributed by atoms with E-state index in [4.69, 9.17) is 0 Å². The number of H-pyrrole nitrogens is 1. The summed E-state index contributed by atoms with van der Waals surface area (Å²) in [6.07, 6.45) is 1.57. The van der Waals surface area contributed by atoms with E-state index in [0.717, 1.165) is 14.6 Å². The Hall–Kier alpha value is -2.42. The van der Waals surface area contributed by atoms with Crippen molar-refractivity contribution in [2.75, 3.05) is 10.6 Å². The van der Waals surface area contributed by atoms with E-state index in [1.807, 2.05) is 12.1 Å². The van der Waals surface area contributed by atoms with E-state index < -0.39 is 11.8 Å². The van der Waals surface area contributed by atoms with Crippen LogP contribution in [0.5, 0.6) is 0 Å². The highest BCUT2D eigenvalue weighted by molar-refractivity contribution is 14.1. The van der Waals surface area contributed by atoms with Gasteiger partial charge in [-0.3, -0.25) is 9.59 Å². The molecule has 2 amide bonds. The molecule has 110 valence electrons.